The average Bonchev–Trinajstić information content (AvgIpc) is 2.64. The molecule has 1 saturated heterocycles. The fraction of sp³-hybridized carbons (Fsp3) is 0.632. The van der Waals surface area contributed by atoms with Crippen molar-refractivity contribution in [2.45, 2.75) is 51.6 Å². The van der Waals surface area contributed by atoms with Gasteiger partial charge in [-0.1, -0.05) is 23.8 Å². The lowest BCUT2D eigenvalue weighted by Crippen LogP contribution is -2.51. The lowest BCUT2D eigenvalue weighted by Gasteiger charge is -2.42. The summed E-state index contributed by atoms with van der Waals surface area (Å²) in [4.78, 5) is 11.3. The van der Waals surface area contributed by atoms with Gasteiger partial charge >= 0.3 is 5.97 Å². The van der Waals surface area contributed by atoms with Crippen LogP contribution >= 0.6 is 11.6 Å². The second kappa shape index (κ2) is 10.1. The lowest BCUT2D eigenvalue weighted by molar-refractivity contribution is -0.141. The zero-order valence-electron chi connectivity index (χ0n) is 15.6. The number of nitrogens with two attached hydrogens (primary N) is 1. The Labute approximate surface area is 160 Å². The van der Waals surface area contributed by atoms with Crippen LogP contribution in [0.25, 0.3) is 0 Å². The summed E-state index contributed by atoms with van der Waals surface area (Å²) in [5, 5.41) is 16.7. The van der Waals surface area contributed by atoms with Crippen molar-refractivity contribution in [2.24, 2.45) is 17.7 Å². The second-order valence-electron chi connectivity index (χ2n) is 7.12. The van der Waals surface area contributed by atoms with Crippen molar-refractivity contribution < 1.29 is 9.90 Å². The number of rotatable bonds is 7. The molecular weight excluding hydrogens is 352 g/mol. The number of hydrogen-bond acceptors (Lipinski definition) is 5. The Morgan fingerprint density at radius 3 is 2.69 bits per heavy atom. The summed E-state index contributed by atoms with van der Waals surface area (Å²) in [5.74, 6) is 5.80. The van der Waals surface area contributed by atoms with E-state index in [1.807, 2.05) is 32.1 Å². The molecule has 0 aromatic carbocycles. The summed E-state index contributed by atoms with van der Waals surface area (Å²) >= 11 is 6.42. The summed E-state index contributed by atoms with van der Waals surface area (Å²) in [6, 6.07) is -0.102. The predicted molar refractivity (Wildman–Crippen MR) is 105 cm³/mol. The fourth-order valence-corrected chi connectivity index (χ4v) is 4.40. The summed E-state index contributed by atoms with van der Waals surface area (Å²) in [5.41, 5.74) is 4.61. The highest BCUT2D eigenvalue weighted by Crippen LogP contribution is 2.36. The van der Waals surface area contributed by atoms with Gasteiger partial charge in [-0.05, 0) is 64.0 Å². The summed E-state index contributed by atoms with van der Waals surface area (Å²) in [6.07, 6.45) is 9.65. The second-order valence-corrected chi connectivity index (χ2v) is 7.53. The highest BCUT2D eigenvalue weighted by molar-refractivity contribution is 6.31. The van der Waals surface area contributed by atoms with Crippen LogP contribution in [0.2, 0.25) is 0 Å². The van der Waals surface area contributed by atoms with Gasteiger partial charge in [0.15, 0.2) is 0 Å². The molecule has 4 atom stereocenters. The Bertz CT molecular complexity index is 588. The molecule has 146 valence electrons. The van der Waals surface area contributed by atoms with Crippen LogP contribution < -0.4 is 21.9 Å². The zero-order valence-corrected chi connectivity index (χ0v) is 16.4. The third-order valence-electron chi connectivity index (χ3n) is 5.46. The van der Waals surface area contributed by atoms with Crippen molar-refractivity contribution >= 4 is 17.6 Å². The van der Waals surface area contributed by atoms with Gasteiger partial charge in [-0.25, -0.2) is 0 Å². The van der Waals surface area contributed by atoms with Crippen LogP contribution in [0.5, 0.6) is 0 Å². The van der Waals surface area contributed by atoms with Gasteiger partial charge in [0, 0.05) is 28.9 Å². The molecule has 1 aliphatic carbocycles. The van der Waals surface area contributed by atoms with Crippen molar-refractivity contribution in [3.63, 3.8) is 0 Å². The molecule has 0 aromatic rings. The standard InChI is InChI=1S/C19H31ClN4O2/c1-3-5-16(20)15(11-23-21)17(4-2)24-14-7-6-12-10-22-18(19(25)26)9-13(12)8-14/h3-5,12-14,18,22-24H,6-11,21H2,1-2H3,(H,25,26)/b5-3-,16-15+,17-4+/t12?,13?,14-,18?/m0/s1. The van der Waals surface area contributed by atoms with Crippen LogP contribution in [-0.4, -0.2) is 36.2 Å². The van der Waals surface area contributed by atoms with Gasteiger partial charge < -0.3 is 15.7 Å². The lowest BCUT2D eigenvalue weighted by atomic mass is 9.72. The summed E-state index contributed by atoms with van der Waals surface area (Å²) in [6.45, 7) is 5.19. The Hall–Kier alpha value is -1.34. The third kappa shape index (κ3) is 5.33. The molecule has 0 spiro atoms. The van der Waals surface area contributed by atoms with Crippen molar-refractivity contribution in [3.8, 4) is 0 Å². The largest absolute Gasteiger partial charge is 0.480 e. The van der Waals surface area contributed by atoms with Crippen molar-refractivity contribution in [1.82, 2.24) is 16.1 Å². The summed E-state index contributed by atoms with van der Waals surface area (Å²) < 4.78 is 0. The monoisotopic (exact) mass is 382 g/mol. The minimum atomic E-state index is -0.745. The number of carboxylic acid groups (broad SMARTS) is 1. The van der Waals surface area contributed by atoms with Crippen LogP contribution in [0.1, 0.15) is 39.5 Å². The quantitative estimate of drug-likeness (QED) is 0.263. The minimum Gasteiger partial charge on any atom is -0.480 e. The van der Waals surface area contributed by atoms with E-state index in [0.29, 0.717) is 35.9 Å². The van der Waals surface area contributed by atoms with Gasteiger partial charge in [0.1, 0.15) is 6.04 Å². The van der Waals surface area contributed by atoms with E-state index in [9.17, 15) is 9.90 Å². The van der Waals surface area contributed by atoms with E-state index in [2.05, 4.69) is 16.1 Å². The van der Waals surface area contributed by atoms with Crippen LogP contribution in [0.15, 0.2) is 34.5 Å². The molecule has 7 heteroatoms. The minimum absolute atomic E-state index is 0.317. The van der Waals surface area contributed by atoms with Gasteiger partial charge in [0.25, 0.3) is 0 Å². The highest BCUT2D eigenvalue weighted by Gasteiger charge is 2.37. The Morgan fingerprint density at radius 1 is 1.31 bits per heavy atom. The Kier molecular flexibility index (Phi) is 8.15. The number of carbonyl (C=O) groups is 1. The van der Waals surface area contributed by atoms with E-state index in [1.54, 1.807) is 0 Å². The molecular formula is C19H31ClN4O2. The smallest absolute Gasteiger partial charge is 0.320 e. The topological polar surface area (TPSA) is 99.4 Å². The SMILES string of the molecule is C\C=C/C(Cl)=C(CNN)\C(=C/C)N[C@H]1CCC2CNC(C(=O)O)CC2C1. The van der Waals surface area contributed by atoms with E-state index >= 15 is 0 Å². The first-order valence-corrected chi connectivity index (χ1v) is 9.72. The number of aliphatic carboxylic acids is 1. The zero-order chi connectivity index (χ0) is 19.1. The first-order chi connectivity index (χ1) is 12.5. The van der Waals surface area contributed by atoms with E-state index in [-0.39, 0.29) is 0 Å². The molecule has 6 N–H and O–H groups in total. The first-order valence-electron chi connectivity index (χ1n) is 9.34. The van der Waals surface area contributed by atoms with Crippen LogP contribution in [-0.2, 0) is 4.79 Å². The number of fused-ring (bicyclic) bond motifs is 1. The molecule has 2 rings (SSSR count). The van der Waals surface area contributed by atoms with Gasteiger partial charge in [-0.3, -0.25) is 16.1 Å². The highest BCUT2D eigenvalue weighted by atomic mass is 35.5. The van der Waals surface area contributed by atoms with Gasteiger partial charge in [0.2, 0.25) is 0 Å². The number of nitrogens with one attached hydrogen (secondary N) is 3. The molecule has 1 saturated carbocycles. The molecule has 0 aromatic heterocycles. The molecule has 2 fully saturated rings. The van der Waals surface area contributed by atoms with Gasteiger partial charge in [-0.2, -0.15) is 0 Å². The molecule has 3 unspecified atom stereocenters. The van der Waals surface area contributed by atoms with Crippen LogP contribution in [0, 0.1) is 11.8 Å². The first kappa shape index (κ1) is 21.0. The molecule has 1 aliphatic heterocycles. The molecule has 1 heterocycles. The maximum absolute atomic E-state index is 11.3. The Balaban J connectivity index is 2.06. The molecule has 26 heavy (non-hydrogen) atoms. The number of hydrogen-bond donors (Lipinski definition) is 5. The number of carboxylic acids is 1. The maximum Gasteiger partial charge on any atom is 0.320 e. The molecule has 2 aliphatic rings. The average molecular weight is 383 g/mol. The van der Waals surface area contributed by atoms with Crippen LogP contribution in [0.4, 0.5) is 0 Å². The fourth-order valence-electron chi connectivity index (χ4n) is 4.10. The number of allylic oxidation sites excluding steroid dienone is 4. The van der Waals surface area contributed by atoms with Crippen LogP contribution in [0.3, 0.4) is 0 Å². The number of hydrazine groups is 1. The van der Waals surface area contributed by atoms with Gasteiger partial charge in [0.05, 0.1) is 0 Å². The number of halogens is 1. The van der Waals surface area contributed by atoms with Crippen molar-refractivity contribution in [2.75, 3.05) is 13.1 Å². The van der Waals surface area contributed by atoms with Crippen molar-refractivity contribution in [3.05, 3.63) is 34.5 Å². The van der Waals surface area contributed by atoms with Crippen molar-refractivity contribution in [1.29, 1.82) is 0 Å². The Morgan fingerprint density at radius 2 is 2.08 bits per heavy atom. The normalized spacial score (nSPS) is 30.7. The van der Waals surface area contributed by atoms with E-state index in [4.69, 9.17) is 17.4 Å². The molecule has 0 amide bonds. The number of piperidine rings is 1. The van der Waals surface area contributed by atoms with E-state index in [0.717, 1.165) is 37.1 Å². The van der Waals surface area contributed by atoms with E-state index in [1.165, 1.54) is 0 Å². The molecule has 6 nitrogen and oxygen atoms in total. The third-order valence-corrected chi connectivity index (χ3v) is 5.81. The maximum atomic E-state index is 11.3. The summed E-state index contributed by atoms with van der Waals surface area (Å²) in [7, 11) is 0. The van der Waals surface area contributed by atoms with Gasteiger partial charge in [-0.15, -0.1) is 0 Å². The predicted octanol–water partition coefficient (Wildman–Crippen LogP) is 2.24. The molecule has 0 radical (unpaired) electrons. The van der Waals surface area contributed by atoms with E-state index < -0.39 is 12.0 Å². The molecule has 0 bridgehead atoms.